The largest absolute Gasteiger partial charge is 0.393 e. The van der Waals surface area contributed by atoms with Crippen molar-refractivity contribution in [3.05, 3.63) is 20.8 Å². The molecule has 0 amide bonds. The van der Waals surface area contributed by atoms with Gasteiger partial charge in [-0.3, -0.25) is 0 Å². The summed E-state index contributed by atoms with van der Waals surface area (Å²) in [7, 11) is 0. The summed E-state index contributed by atoms with van der Waals surface area (Å²) in [6, 6.07) is 4.21. The highest BCUT2D eigenvalue weighted by Crippen LogP contribution is 2.26. The highest BCUT2D eigenvalue weighted by molar-refractivity contribution is 9.11. The Morgan fingerprint density at radius 3 is 2.86 bits per heavy atom. The Hall–Kier alpha value is 0.1000. The van der Waals surface area contributed by atoms with Crippen molar-refractivity contribution in [3.63, 3.8) is 0 Å². The van der Waals surface area contributed by atoms with Gasteiger partial charge in [0.05, 0.1) is 9.89 Å². The van der Waals surface area contributed by atoms with E-state index in [1.165, 1.54) is 8.66 Å². The normalized spacial score (nSPS) is 26.1. The molecule has 1 heterocycles. The van der Waals surface area contributed by atoms with Crippen molar-refractivity contribution in [1.82, 2.24) is 5.32 Å². The van der Waals surface area contributed by atoms with E-state index in [0.717, 1.165) is 25.9 Å². The second-order valence-electron chi connectivity index (χ2n) is 3.83. The maximum Gasteiger partial charge on any atom is 0.0701 e. The summed E-state index contributed by atoms with van der Waals surface area (Å²) in [5, 5.41) is 12.5. The molecule has 0 spiro atoms. The van der Waals surface area contributed by atoms with Gasteiger partial charge in [0.15, 0.2) is 0 Å². The fraction of sp³-hybridized carbons (Fsp3) is 0.600. The minimum atomic E-state index is -0.0299. The lowest BCUT2D eigenvalue weighted by Gasteiger charge is -2.31. The first-order chi connectivity index (χ1) is 6.74. The van der Waals surface area contributed by atoms with Gasteiger partial charge in [-0.2, -0.15) is 0 Å². The number of aliphatic hydroxyl groups is 1. The summed E-state index contributed by atoms with van der Waals surface area (Å²) < 4.78 is 1.19. The Bertz CT molecular complexity index is 296. The molecule has 2 nitrogen and oxygen atoms in total. The van der Waals surface area contributed by atoms with E-state index in [1.807, 2.05) is 0 Å². The third-order valence-corrected chi connectivity index (χ3v) is 4.20. The smallest absolute Gasteiger partial charge is 0.0701 e. The number of hydrogen-bond acceptors (Lipinski definition) is 3. The van der Waals surface area contributed by atoms with E-state index < -0.39 is 0 Å². The lowest BCUT2D eigenvalue weighted by atomic mass is 9.82. The van der Waals surface area contributed by atoms with E-state index in [2.05, 4.69) is 33.4 Å². The number of halogens is 1. The molecule has 0 bridgehead atoms. The molecule has 0 radical (unpaired) electrons. The molecule has 0 unspecified atom stereocenters. The van der Waals surface area contributed by atoms with Crippen LogP contribution in [0.1, 0.15) is 17.7 Å². The SMILES string of the molecule is OC1CC(CNCc2ccc(Br)s2)C1. The van der Waals surface area contributed by atoms with Crippen molar-refractivity contribution < 1.29 is 5.11 Å². The number of rotatable bonds is 4. The molecule has 1 fully saturated rings. The van der Waals surface area contributed by atoms with Gasteiger partial charge in [0.1, 0.15) is 0 Å². The summed E-state index contributed by atoms with van der Waals surface area (Å²) >= 11 is 5.21. The van der Waals surface area contributed by atoms with Crippen LogP contribution in [-0.2, 0) is 6.54 Å². The molecule has 0 aliphatic heterocycles. The predicted molar refractivity (Wildman–Crippen MR) is 62.5 cm³/mol. The van der Waals surface area contributed by atoms with Crippen LogP contribution in [0, 0.1) is 5.92 Å². The van der Waals surface area contributed by atoms with E-state index in [4.69, 9.17) is 5.11 Å². The molecule has 0 saturated heterocycles. The van der Waals surface area contributed by atoms with E-state index in [1.54, 1.807) is 11.3 Å². The molecule has 1 aliphatic carbocycles. The van der Waals surface area contributed by atoms with Crippen LogP contribution in [-0.4, -0.2) is 17.8 Å². The number of hydrogen-bond donors (Lipinski definition) is 2. The number of nitrogens with one attached hydrogen (secondary N) is 1. The Morgan fingerprint density at radius 1 is 1.50 bits per heavy atom. The molecule has 0 atom stereocenters. The van der Waals surface area contributed by atoms with E-state index in [9.17, 15) is 0 Å². The average Bonchev–Trinajstić information content (AvgIpc) is 2.48. The Morgan fingerprint density at radius 2 is 2.29 bits per heavy atom. The van der Waals surface area contributed by atoms with Gasteiger partial charge in [-0.05, 0) is 53.4 Å². The van der Waals surface area contributed by atoms with Gasteiger partial charge in [-0.1, -0.05) is 0 Å². The number of thiophene rings is 1. The molecule has 4 heteroatoms. The maximum atomic E-state index is 9.11. The Balaban J connectivity index is 1.63. The molecule has 78 valence electrons. The highest BCUT2D eigenvalue weighted by Gasteiger charge is 2.26. The molecule has 2 N–H and O–H groups in total. The van der Waals surface area contributed by atoms with Crippen LogP contribution in [0.5, 0.6) is 0 Å². The Labute approximate surface area is 96.5 Å². The minimum Gasteiger partial charge on any atom is -0.393 e. The quantitative estimate of drug-likeness (QED) is 0.885. The third kappa shape index (κ3) is 2.79. The zero-order valence-electron chi connectivity index (χ0n) is 7.87. The molecular formula is C10H14BrNOS. The van der Waals surface area contributed by atoms with Crippen LogP contribution in [0.3, 0.4) is 0 Å². The molecule has 1 aromatic heterocycles. The van der Waals surface area contributed by atoms with E-state index in [0.29, 0.717) is 5.92 Å². The molecule has 2 rings (SSSR count). The van der Waals surface area contributed by atoms with Crippen molar-refractivity contribution in [1.29, 1.82) is 0 Å². The van der Waals surface area contributed by atoms with Crippen molar-refractivity contribution in [3.8, 4) is 0 Å². The van der Waals surface area contributed by atoms with Crippen LogP contribution >= 0.6 is 27.3 Å². The first kappa shape index (κ1) is 10.6. The fourth-order valence-corrected chi connectivity index (χ4v) is 3.17. The van der Waals surface area contributed by atoms with Crippen LogP contribution in [0.2, 0.25) is 0 Å². The molecule has 1 saturated carbocycles. The lowest BCUT2D eigenvalue weighted by molar-refractivity contribution is 0.0430. The summed E-state index contributed by atoms with van der Waals surface area (Å²) in [4.78, 5) is 1.36. The van der Waals surface area contributed by atoms with Crippen molar-refractivity contribution in [2.75, 3.05) is 6.54 Å². The molecular weight excluding hydrogens is 262 g/mol. The third-order valence-electron chi connectivity index (χ3n) is 2.57. The van der Waals surface area contributed by atoms with Gasteiger partial charge < -0.3 is 10.4 Å². The maximum absolute atomic E-state index is 9.11. The Kier molecular flexibility index (Phi) is 3.60. The monoisotopic (exact) mass is 275 g/mol. The summed E-state index contributed by atoms with van der Waals surface area (Å²) in [6.45, 7) is 1.98. The summed E-state index contributed by atoms with van der Waals surface area (Å²) in [5.74, 6) is 0.688. The van der Waals surface area contributed by atoms with Crippen LogP contribution in [0.25, 0.3) is 0 Å². The lowest BCUT2D eigenvalue weighted by Crippen LogP contribution is -2.35. The number of aliphatic hydroxyl groups excluding tert-OH is 1. The van der Waals surface area contributed by atoms with Crippen LogP contribution in [0.15, 0.2) is 15.9 Å². The van der Waals surface area contributed by atoms with E-state index in [-0.39, 0.29) is 6.10 Å². The van der Waals surface area contributed by atoms with Crippen LogP contribution < -0.4 is 5.32 Å². The fourth-order valence-electron chi connectivity index (χ4n) is 1.71. The molecule has 14 heavy (non-hydrogen) atoms. The zero-order valence-corrected chi connectivity index (χ0v) is 10.3. The predicted octanol–water partition coefficient (Wildman–Crippen LogP) is 2.37. The van der Waals surface area contributed by atoms with Crippen LogP contribution in [0.4, 0.5) is 0 Å². The first-order valence-corrected chi connectivity index (χ1v) is 6.48. The molecule has 0 aromatic carbocycles. The topological polar surface area (TPSA) is 32.3 Å². The molecule has 1 aliphatic rings. The standard InChI is InChI=1S/C10H14BrNOS/c11-10-2-1-9(14-10)6-12-5-7-3-8(13)4-7/h1-2,7-8,12-13H,3-6H2. The summed E-state index contributed by atoms with van der Waals surface area (Å²) in [5.41, 5.74) is 0. The van der Waals surface area contributed by atoms with Crippen molar-refractivity contribution in [2.24, 2.45) is 5.92 Å². The van der Waals surface area contributed by atoms with Gasteiger partial charge in [-0.15, -0.1) is 11.3 Å². The van der Waals surface area contributed by atoms with Gasteiger partial charge in [0, 0.05) is 11.4 Å². The first-order valence-electron chi connectivity index (χ1n) is 4.87. The van der Waals surface area contributed by atoms with Crippen molar-refractivity contribution in [2.45, 2.75) is 25.5 Å². The van der Waals surface area contributed by atoms with Gasteiger partial charge in [0.25, 0.3) is 0 Å². The minimum absolute atomic E-state index is 0.0299. The molecule has 1 aromatic rings. The second kappa shape index (κ2) is 4.75. The highest BCUT2D eigenvalue weighted by atomic mass is 79.9. The summed E-state index contributed by atoms with van der Waals surface area (Å²) in [6.07, 6.45) is 1.92. The zero-order chi connectivity index (χ0) is 9.97. The van der Waals surface area contributed by atoms with Gasteiger partial charge in [0.2, 0.25) is 0 Å². The van der Waals surface area contributed by atoms with Gasteiger partial charge >= 0.3 is 0 Å². The average molecular weight is 276 g/mol. The second-order valence-corrected chi connectivity index (χ2v) is 6.38. The van der Waals surface area contributed by atoms with E-state index >= 15 is 0 Å². The van der Waals surface area contributed by atoms with Gasteiger partial charge in [-0.25, -0.2) is 0 Å². The van der Waals surface area contributed by atoms with Crippen molar-refractivity contribution >= 4 is 27.3 Å².